The molecule has 1 unspecified atom stereocenters. The summed E-state index contributed by atoms with van der Waals surface area (Å²) in [7, 11) is 1.46. The van der Waals surface area contributed by atoms with Crippen molar-refractivity contribution in [1.29, 1.82) is 0 Å². The van der Waals surface area contributed by atoms with Crippen molar-refractivity contribution >= 4 is 23.8 Å². The van der Waals surface area contributed by atoms with Gasteiger partial charge >= 0.3 is 0 Å². The maximum Gasteiger partial charge on any atom is 0.247 e. The van der Waals surface area contributed by atoms with E-state index in [1.165, 1.54) is 11.9 Å². The average Bonchev–Trinajstić information content (AvgIpc) is 2.44. The fraction of sp³-hybridized carbons (Fsp3) is 0.571. The molecule has 2 N–H and O–H groups in total. The third kappa shape index (κ3) is 6.38. The summed E-state index contributed by atoms with van der Waals surface area (Å²) in [6.07, 6.45) is 4.14. The molecule has 0 aliphatic carbocycles. The molecule has 0 spiro atoms. The summed E-state index contributed by atoms with van der Waals surface area (Å²) in [5, 5.41) is 0. The predicted octanol–water partition coefficient (Wildman–Crippen LogP) is 0.246. The molecular weight excluding hydrogens is 260 g/mol. The Morgan fingerprint density at radius 3 is 2.40 bits per heavy atom. The van der Waals surface area contributed by atoms with Gasteiger partial charge in [-0.15, -0.1) is 0 Å². The second-order valence-electron chi connectivity index (χ2n) is 4.41. The summed E-state index contributed by atoms with van der Waals surface area (Å²) in [6, 6.07) is -0.726. The van der Waals surface area contributed by atoms with Crippen LogP contribution in [0.15, 0.2) is 12.2 Å². The number of rotatable bonds is 10. The number of allylic oxidation sites excluding steroid dienone is 1. The maximum atomic E-state index is 12.0. The van der Waals surface area contributed by atoms with E-state index in [2.05, 4.69) is 0 Å². The molecule has 0 radical (unpaired) electrons. The molecule has 6 nitrogen and oxygen atoms in total. The molecule has 0 aliphatic heterocycles. The van der Waals surface area contributed by atoms with Gasteiger partial charge in [0.2, 0.25) is 5.91 Å². The van der Waals surface area contributed by atoms with Crippen LogP contribution in [0, 0.1) is 0 Å². The molecule has 0 fully saturated rings. The zero-order valence-electron chi connectivity index (χ0n) is 12.0. The van der Waals surface area contributed by atoms with Gasteiger partial charge in [0.25, 0.3) is 0 Å². The molecule has 20 heavy (non-hydrogen) atoms. The van der Waals surface area contributed by atoms with Crippen molar-refractivity contribution in [3.05, 3.63) is 12.2 Å². The highest BCUT2D eigenvalue weighted by atomic mass is 16.2. The van der Waals surface area contributed by atoms with Crippen LogP contribution in [0.1, 0.15) is 32.6 Å². The fourth-order valence-corrected chi connectivity index (χ4v) is 1.70. The summed E-state index contributed by atoms with van der Waals surface area (Å²) in [5.41, 5.74) is 5.52. The van der Waals surface area contributed by atoms with Crippen LogP contribution < -0.4 is 5.73 Å². The second-order valence-corrected chi connectivity index (χ2v) is 4.41. The molecule has 0 heterocycles. The monoisotopic (exact) mass is 282 g/mol. The summed E-state index contributed by atoms with van der Waals surface area (Å²) in [4.78, 5) is 46.2. The van der Waals surface area contributed by atoms with E-state index in [9.17, 15) is 19.2 Å². The van der Waals surface area contributed by atoms with Gasteiger partial charge in [0.15, 0.2) is 5.78 Å². The quantitative estimate of drug-likeness (QED) is 0.457. The Labute approximate surface area is 119 Å². The number of amides is 1. The van der Waals surface area contributed by atoms with E-state index >= 15 is 0 Å². The van der Waals surface area contributed by atoms with Crippen LogP contribution >= 0.6 is 0 Å². The number of hydrogen-bond donors (Lipinski definition) is 1. The molecule has 112 valence electrons. The fourth-order valence-electron chi connectivity index (χ4n) is 1.70. The van der Waals surface area contributed by atoms with Gasteiger partial charge in [-0.25, -0.2) is 0 Å². The van der Waals surface area contributed by atoms with E-state index < -0.39 is 11.9 Å². The smallest absolute Gasteiger partial charge is 0.247 e. The van der Waals surface area contributed by atoms with Crippen molar-refractivity contribution < 1.29 is 19.2 Å². The summed E-state index contributed by atoms with van der Waals surface area (Å²) < 4.78 is 0. The van der Waals surface area contributed by atoms with Crippen molar-refractivity contribution in [1.82, 2.24) is 4.90 Å². The molecule has 0 aromatic heterocycles. The highest BCUT2D eigenvalue weighted by Gasteiger charge is 2.23. The number of nitrogens with zero attached hydrogens (tertiary/aromatic N) is 1. The Kier molecular flexibility index (Phi) is 9.11. The number of carbonyl (C=O) groups is 4. The zero-order valence-corrected chi connectivity index (χ0v) is 12.0. The third-order valence-electron chi connectivity index (χ3n) is 3.00. The molecule has 1 atom stereocenters. The first kappa shape index (κ1) is 18.2. The molecule has 0 saturated heterocycles. The van der Waals surface area contributed by atoms with Gasteiger partial charge < -0.3 is 10.6 Å². The minimum atomic E-state index is -0.726. The topological polar surface area (TPSA) is 97.5 Å². The molecular formula is C14H22N2O4. The van der Waals surface area contributed by atoms with Crippen LogP contribution in [-0.4, -0.2) is 48.3 Å². The Balaban J connectivity index is 4.46. The van der Waals surface area contributed by atoms with Crippen molar-refractivity contribution in [2.45, 2.75) is 38.6 Å². The van der Waals surface area contributed by atoms with Gasteiger partial charge in [-0.1, -0.05) is 6.92 Å². The third-order valence-corrected chi connectivity index (χ3v) is 3.00. The first-order valence-electron chi connectivity index (χ1n) is 6.61. The van der Waals surface area contributed by atoms with Gasteiger partial charge in [0, 0.05) is 38.9 Å². The van der Waals surface area contributed by atoms with Crippen LogP contribution in [-0.2, 0) is 19.2 Å². The predicted molar refractivity (Wildman–Crippen MR) is 75.0 cm³/mol. The van der Waals surface area contributed by atoms with Crippen molar-refractivity contribution in [2.24, 2.45) is 5.73 Å². The molecule has 1 amide bonds. The van der Waals surface area contributed by atoms with Gasteiger partial charge in [-0.2, -0.15) is 0 Å². The minimum absolute atomic E-state index is 0.0116. The molecule has 0 rings (SSSR count). The van der Waals surface area contributed by atoms with Crippen LogP contribution in [0.2, 0.25) is 0 Å². The van der Waals surface area contributed by atoms with E-state index in [-0.39, 0.29) is 24.5 Å². The number of nitrogens with two attached hydrogens (primary N) is 1. The molecule has 6 heteroatoms. The van der Waals surface area contributed by atoms with Gasteiger partial charge in [-0.05, 0) is 12.5 Å². The minimum Gasteiger partial charge on any atom is -0.331 e. The number of aldehydes is 1. The summed E-state index contributed by atoms with van der Waals surface area (Å²) in [6.45, 7) is 1.79. The Morgan fingerprint density at radius 1 is 1.25 bits per heavy atom. The molecule has 0 saturated carbocycles. The second kappa shape index (κ2) is 10.0. The normalized spacial score (nSPS) is 12.2. The Hall–Kier alpha value is -1.82. The van der Waals surface area contributed by atoms with Crippen LogP contribution in [0.4, 0.5) is 0 Å². The van der Waals surface area contributed by atoms with Gasteiger partial charge in [0.05, 0.1) is 0 Å². The summed E-state index contributed by atoms with van der Waals surface area (Å²) >= 11 is 0. The lowest BCUT2D eigenvalue weighted by Crippen LogP contribution is -2.46. The highest BCUT2D eigenvalue weighted by Crippen LogP contribution is 2.06. The Bertz CT molecular complexity index is 391. The lowest BCUT2D eigenvalue weighted by Gasteiger charge is -2.24. The van der Waals surface area contributed by atoms with E-state index in [1.807, 2.05) is 0 Å². The van der Waals surface area contributed by atoms with Gasteiger partial charge in [0.1, 0.15) is 18.1 Å². The standard InChI is InChI=1S/C14H22N2O4/c1-3-11(18)6-4-7-13(19)12(10-15)16(2)14(20)8-5-9-17/h5,8-9,12H,3-4,6-7,10,15H2,1-2H3/b8-5-. The lowest BCUT2D eigenvalue weighted by molar-refractivity contribution is -0.134. The number of carbonyl (C=O) groups excluding carboxylic acids is 4. The van der Waals surface area contributed by atoms with Gasteiger partial charge in [-0.3, -0.25) is 19.2 Å². The number of ketones is 2. The SMILES string of the molecule is CCC(=O)CCCC(=O)C(CN)N(C)C(=O)/C=C\C=O. The molecule has 0 aromatic carbocycles. The number of hydrogen-bond acceptors (Lipinski definition) is 5. The van der Waals surface area contributed by atoms with Crippen molar-refractivity contribution in [2.75, 3.05) is 13.6 Å². The van der Waals surface area contributed by atoms with E-state index in [0.29, 0.717) is 25.5 Å². The summed E-state index contributed by atoms with van der Waals surface area (Å²) in [5.74, 6) is -0.516. The number of likely N-dealkylation sites (N-methyl/N-ethyl adjacent to an activating group) is 1. The van der Waals surface area contributed by atoms with Crippen LogP contribution in [0.25, 0.3) is 0 Å². The van der Waals surface area contributed by atoms with E-state index in [4.69, 9.17) is 5.73 Å². The van der Waals surface area contributed by atoms with Crippen LogP contribution in [0.3, 0.4) is 0 Å². The number of Topliss-reactive ketones (excluding diaryl/α,β-unsaturated/α-hetero) is 2. The van der Waals surface area contributed by atoms with E-state index in [0.717, 1.165) is 12.2 Å². The average molecular weight is 282 g/mol. The largest absolute Gasteiger partial charge is 0.331 e. The van der Waals surface area contributed by atoms with Crippen molar-refractivity contribution in [3.63, 3.8) is 0 Å². The Morgan fingerprint density at radius 2 is 1.90 bits per heavy atom. The van der Waals surface area contributed by atoms with Crippen molar-refractivity contribution in [3.8, 4) is 0 Å². The zero-order chi connectivity index (χ0) is 15.5. The first-order chi connectivity index (χ1) is 9.47. The molecule has 0 aliphatic rings. The first-order valence-corrected chi connectivity index (χ1v) is 6.61. The van der Waals surface area contributed by atoms with E-state index in [1.54, 1.807) is 6.92 Å². The maximum absolute atomic E-state index is 12.0. The highest BCUT2D eigenvalue weighted by molar-refractivity contribution is 5.95. The lowest BCUT2D eigenvalue weighted by atomic mass is 10.0. The molecule has 0 bridgehead atoms. The van der Waals surface area contributed by atoms with Crippen LogP contribution in [0.5, 0.6) is 0 Å². The molecule has 0 aromatic rings.